The Morgan fingerprint density at radius 3 is 2.55 bits per heavy atom. The van der Waals surface area contributed by atoms with Crippen LogP contribution in [0.1, 0.15) is 31.1 Å². The van der Waals surface area contributed by atoms with E-state index in [-0.39, 0.29) is 23.6 Å². The molecule has 2 saturated heterocycles. The molecule has 0 spiro atoms. The van der Waals surface area contributed by atoms with Gasteiger partial charge in [0.1, 0.15) is 5.82 Å². The second kappa shape index (κ2) is 11.0. The van der Waals surface area contributed by atoms with Crippen molar-refractivity contribution < 1.29 is 18.7 Å². The summed E-state index contributed by atoms with van der Waals surface area (Å²) < 4.78 is 20.2. The zero-order valence-corrected chi connectivity index (χ0v) is 18.9. The fraction of sp³-hybridized carbons (Fsp3) is 0.652. The Morgan fingerprint density at radius 2 is 1.90 bits per heavy atom. The van der Waals surface area contributed by atoms with Gasteiger partial charge in [0.15, 0.2) is 5.78 Å². The Bertz CT molecular complexity index is 765. The first-order valence-corrected chi connectivity index (χ1v) is 11.2. The molecule has 1 amide bonds. The molecule has 2 fully saturated rings. The molecule has 2 heterocycles. The van der Waals surface area contributed by atoms with Gasteiger partial charge < -0.3 is 15.0 Å². The Labute approximate surface area is 184 Å². The van der Waals surface area contributed by atoms with E-state index in [1.54, 1.807) is 12.1 Å². The van der Waals surface area contributed by atoms with Gasteiger partial charge in [-0.3, -0.25) is 19.4 Å². The van der Waals surface area contributed by atoms with Gasteiger partial charge in [-0.15, -0.1) is 0 Å². The molecule has 1 unspecified atom stereocenters. The second-order valence-electron chi connectivity index (χ2n) is 8.94. The first-order chi connectivity index (χ1) is 14.8. The Morgan fingerprint density at radius 1 is 1.16 bits per heavy atom. The first-order valence-electron chi connectivity index (χ1n) is 11.2. The third-order valence-corrected chi connectivity index (χ3v) is 5.81. The highest BCUT2D eigenvalue weighted by Crippen LogP contribution is 2.22. The van der Waals surface area contributed by atoms with E-state index in [9.17, 15) is 14.0 Å². The van der Waals surface area contributed by atoms with Crippen molar-refractivity contribution in [3.05, 3.63) is 29.6 Å². The number of halogens is 1. The van der Waals surface area contributed by atoms with E-state index < -0.39 is 0 Å². The maximum atomic E-state index is 14.4. The van der Waals surface area contributed by atoms with E-state index in [1.807, 2.05) is 4.90 Å². The topological polar surface area (TPSA) is 65.1 Å². The number of carbonyl (C=O) groups is 2. The van der Waals surface area contributed by atoms with Crippen LogP contribution < -0.4 is 10.2 Å². The first kappa shape index (κ1) is 23.6. The lowest BCUT2D eigenvalue weighted by Gasteiger charge is -2.36. The fourth-order valence-electron chi connectivity index (χ4n) is 4.20. The molecule has 0 radical (unpaired) electrons. The smallest absolute Gasteiger partial charge is 0.234 e. The number of hydrogen-bond acceptors (Lipinski definition) is 6. The van der Waals surface area contributed by atoms with E-state index in [0.29, 0.717) is 63.0 Å². The number of benzene rings is 1. The predicted octanol–water partition coefficient (Wildman–Crippen LogP) is 1.62. The Hall–Kier alpha value is -2.03. The molecule has 0 bridgehead atoms. The summed E-state index contributed by atoms with van der Waals surface area (Å²) in [6.07, 6.45) is 0.0363. The average molecular weight is 435 g/mol. The van der Waals surface area contributed by atoms with Crippen LogP contribution >= 0.6 is 0 Å². The number of hydrogen-bond donors (Lipinski definition) is 1. The van der Waals surface area contributed by atoms with Crippen LogP contribution in [0.2, 0.25) is 0 Å². The SMILES string of the molecule is CC(=O)c1ccc(N2CCN(CC(=O)NCC3CN(CC(C)C)CCO3)CC2)c(F)c1. The highest BCUT2D eigenvalue weighted by molar-refractivity contribution is 5.94. The van der Waals surface area contributed by atoms with Crippen LogP contribution in [0.5, 0.6) is 0 Å². The van der Waals surface area contributed by atoms with Gasteiger partial charge in [0.05, 0.1) is 24.9 Å². The standard InChI is InChI=1S/C23H35FN4O3/c1-17(2)14-27-10-11-31-20(15-27)13-25-23(30)16-26-6-8-28(9-7-26)22-5-4-19(18(3)29)12-21(22)24/h4-5,12,17,20H,6-11,13-16H2,1-3H3,(H,25,30). The molecule has 7 nitrogen and oxygen atoms in total. The van der Waals surface area contributed by atoms with Crippen LogP contribution in [-0.4, -0.2) is 93.1 Å². The van der Waals surface area contributed by atoms with Crippen LogP contribution in [0.4, 0.5) is 10.1 Å². The summed E-state index contributed by atoms with van der Waals surface area (Å²) in [5, 5.41) is 3.00. The molecule has 0 aromatic heterocycles. The van der Waals surface area contributed by atoms with E-state index in [2.05, 4.69) is 29.0 Å². The number of nitrogens with zero attached hydrogens (tertiary/aromatic N) is 3. The summed E-state index contributed by atoms with van der Waals surface area (Å²) >= 11 is 0. The van der Waals surface area contributed by atoms with Gasteiger partial charge in [-0.05, 0) is 31.0 Å². The van der Waals surface area contributed by atoms with Crippen LogP contribution in [0.25, 0.3) is 0 Å². The molecule has 1 aromatic rings. The fourth-order valence-corrected chi connectivity index (χ4v) is 4.20. The number of Topliss-reactive ketones (excluding diaryl/α,β-unsaturated/α-hetero) is 1. The summed E-state index contributed by atoms with van der Waals surface area (Å²) in [5.74, 6) is 0.0907. The maximum Gasteiger partial charge on any atom is 0.234 e. The molecule has 8 heteroatoms. The van der Waals surface area contributed by atoms with Crippen molar-refractivity contribution in [1.29, 1.82) is 0 Å². The summed E-state index contributed by atoms with van der Waals surface area (Å²) in [5.41, 5.74) is 0.889. The number of morpholine rings is 1. The zero-order valence-electron chi connectivity index (χ0n) is 18.9. The molecule has 3 rings (SSSR count). The highest BCUT2D eigenvalue weighted by atomic mass is 19.1. The normalized spacial score (nSPS) is 20.8. The summed E-state index contributed by atoms with van der Waals surface area (Å²) in [6.45, 7) is 12.9. The van der Waals surface area contributed by atoms with Crippen molar-refractivity contribution >= 4 is 17.4 Å². The van der Waals surface area contributed by atoms with Crippen molar-refractivity contribution in [1.82, 2.24) is 15.1 Å². The average Bonchev–Trinajstić information content (AvgIpc) is 2.73. The number of ketones is 1. The van der Waals surface area contributed by atoms with E-state index >= 15 is 0 Å². The van der Waals surface area contributed by atoms with Gasteiger partial charge >= 0.3 is 0 Å². The highest BCUT2D eigenvalue weighted by Gasteiger charge is 2.24. The van der Waals surface area contributed by atoms with Gasteiger partial charge in [0.2, 0.25) is 5.91 Å². The molecule has 1 N–H and O–H groups in total. The number of carbonyl (C=O) groups excluding carboxylic acids is 2. The number of piperazine rings is 1. The third-order valence-electron chi connectivity index (χ3n) is 5.81. The molecule has 0 saturated carbocycles. The summed E-state index contributed by atoms with van der Waals surface area (Å²) in [7, 11) is 0. The minimum Gasteiger partial charge on any atom is -0.374 e. The van der Waals surface area contributed by atoms with Gasteiger partial charge in [-0.25, -0.2) is 4.39 Å². The molecule has 1 atom stereocenters. The molecule has 31 heavy (non-hydrogen) atoms. The molecule has 2 aliphatic rings. The van der Waals surface area contributed by atoms with Gasteiger partial charge in [0.25, 0.3) is 0 Å². The third kappa shape index (κ3) is 6.98. The molecule has 0 aliphatic carbocycles. The lowest BCUT2D eigenvalue weighted by Crippen LogP contribution is -2.52. The Balaban J connectivity index is 1.39. The van der Waals surface area contributed by atoms with Crippen molar-refractivity contribution in [3.8, 4) is 0 Å². The van der Waals surface area contributed by atoms with Crippen molar-refractivity contribution in [2.24, 2.45) is 5.92 Å². The van der Waals surface area contributed by atoms with Crippen molar-refractivity contribution in [2.75, 3.05) is 70.4 Å². The van der Waals surface area contributed by atoms with Crippen LogP contribution in [0, 0.1) is 11.7 Å². The monoisotopic (exact) mass is 434 g/mol. The second-order valence-corrected chi connectivity index (χ2v) is 8.94. The van der Waals surface area contributed by atoms with Gasteiger partial charge in [-0.1, -0.05) is 13.8 Å². The molecule has 172 valence electrons. The van der Waals surface area contributed by atoms with Crippen molar-refractivity contribution in [2.45, 2.75) is 26.9 Å². The molecule has 1 aromatic carbocycles. The predicted molar refractivity (Wildman–Crippen MR) is 119 cm³/mol. The van der Waals surface area contributed by atoms with Crippen molar-refractivity contribution in [3.63, 3.8) is 0 Å². The number of anilines is 1. The quantitative estimate of drug-likeness (QED) is 0.628. The van der Waals surface area contributed by atoms with E-state index in [0.717, 1.165) is 19.6 Å². The zero-order chi connectivity index (χ0) is 22.4. The van der Waals surface area contributed by atoms with Gasteiger partial charge in [0, 0.05) is 57.9 Å². The van der Waals surface area contributed by atoms with Crippen LogP contribution in [-0.2, 0) is 9.53 Å². The minimum atomic E-state index is -0.377. The molecule has 2 aliphatic heterocycles. The Kier molecular flexibility index (Phi) is 8.40. The summed E-state index contributed by atoms with van der Waals surface area (Å²) in [4.78, 5) is 30.2. The summed E-state index contributed by atoms with van der Waals surface area (Å²) in [6, 6.07) is 4.63. The van der Waals surface area contributed by atoms with Crippen LogP contribution in [0.15, 0.2) is 18.2 Å². The lowest BCUT2D eigenvalue weighted by atomic mass is 10.1. The van der Waals surface area contributed by atoms with E-state index in [1.165, 1.54) is 13.0 Å². The number of ether oxygens (including phenoxy) is 1. The molecular formula is C23H35FN4O3. The number of nitrogens with one attached hydrogen (secondary N) is 1. The largest absolute Gasteiger partial charge is 0.374 e. The number of amides is 1. The maximum absolute atomic E-state index is 14.4. The van der Waals surface area contributed by atoms with Gasteiger partial charge in [-0.2, -0.15) is 0 Å². The lowest BCUT2D eigenvalue weighted by molar-refractivity contribution is -0.123. The van der Waals surface area contributed by atoms with Crippen LogP contribution in [0.3, 0.4) is 0 Å². The molecular weight excluding hydrogens is 399 g/mol. The number of rotatable bonds is 8. The minimum absolute atomic E-state index is 0.00461. The van der Waals surface area contributed by atoms with E-state index in [4.69, 9.17) is 4.74 Å².